The van der Waals surface area contributed by atoms with Crippen molar-refractivity contribution in [3.8, 4) is 0 Å². The Bertz CT molecular complexity index is 670. The summed E-state index contributed by atoms with van der Waals surface area (Å²) in [6.07, 6.45) is 33.9. The topological polar surface area (TPSA) is 87.3 Å². The molecule has 6 nitrogen and oxygen atoms in total. The Morgan fingerprint density at radius 3 is 1.36 bits per heavy atom. The van der Waals surface area contributed by atoms with Crippen LogP contribution in [0.1, 0.15) is 207 Å². The van der Waals surface area contributed by atoms with Crippen molar-refractivity contribution in [1.29, 1.82) is 0 Å². The number of urea groups is 1. The number of carbonyl (C=O) groups is 3. The summed E-state index contributed by atoms with van der Waals surface area (Å²) < 4.78 is 0. The third-order valence-corrected chi connectivity index (χ3v) is 8.91. The summed E-state index contributed by atoms with van der Waals surface area (Å²) in [5.41, 5.74) is 0. The van der Waals surface area contributed by atoms with E-state index in [0.29, 0.717) is 19.4 Å². The van der Waals surface area contributed by atoms with Crippen LogP contribution in [0.4, 0.5) is 4.79 Å². The molecule has 260 valence electrons. The minimum atomic E-state index is -0.471. The lowest BCUT2D eigenvalue weighted by atomic mass is 10.0. The van der Waals surface area contributed by atoms with Crippen molar-refractivity contribution >= 4 is 17.7 Å². The van der Waals surface area contributed by atoms with Gasteiger partial charge in [0, 0.05) is 19.0 Å². The lowest BCUT2D eigenvalue weighted by Gasteiger charge is -2.19. The highest BCUT2D eigenvalue weighted by Crippen LogP contribution is 2.14. The Morgan fingerprint density at radius 2 is 0.909 bits per heavy atom. The maximum absolute atomic E-state index is 12.5. The number of hydrogen-bond acceptors (Lipinski definition) is 3. The smallest absolute Gasteiger partial charge is 0.315 e. The van der Waals surface area contributed by atoms with Crippen molar-refractivity contribution in [3.05, 3.63) is 0 Å². The van der Waals surface area contributed by atoms with Crippen LogP contribution in [0.2, 0.25) is 0 Å². The first-order chi connectivity index (χ1) is 21.4. The van der Waals surface area contributed by atoms with Crippen molar-refractivity contribution in [1.82, 2.24) is 16.0 Å². The molecule has 0 aliphatic rings. The highest BCUT2D eigenvalue weighted by Gasteiger charge is 2.17. The molecule has 0 aromatic carbocycles. The molecule has 0 aromatic heterocycles. The summed E-state index contributed by atoms with van der Waals surface area (Å²) in [7, 11) is 0. The first kappa shape index (κ1) is 42.4. The number of rotatable bonds is 33. The molecule has 0 aromatic rings. The van der Waals surface area contributed by atoms with E-state index in [2.05, 4.69) is 29.8 Å². The summed E-state index contributed by atoms with van der Waals surface area (Å²) in [5, 5.41) is 8.89. The van der Waals surface area contributed by atoms with Crippen LogP contribution < -0.4 is 16.0 Å². The standard InChI is InChI=1S/C38H75N3O3/c1-5-7-9-11-13-15-16-17-18-19-21-22-24-26-30-34(3)40-38(44)41-36(35(4)42)31-28-29-33-39-37(43)32-27-25-23-20-14-12-10-8-6-2/h34,36H,5-33H2,1-4H3,(H,39,43)(H2,40,41,44). The van der Waals surface area contributed by atoms with Crippen LogP contribution in [0.3, 0.4) is 0 Å². The number of Topliss-reactive ketones (excluding diaryl/α,β-unsaturated/α-hetero) is 1. The summed E-state index contributed by atoms with van der Waals surface area (Å²) in [6, 6.07) is -0.626. The minimum absolute atomic E-state index is 0.0193. The van der Waals surface area contributed by atoms with E-state index in [1.54, 1.807) is 0 Å². The molecule has 0 heterocycles. The fraction of sp³-hybridized carbons (Fsp3) is 0.921. The molecule has 6 heteroatoms. The van der Waals surface area contributed by atoms with Gasteiger partial charge in [0.2, 0.25) is 5.91 Å². The van der Waals surface area contributed by atoms with Crippen LogP contribution in [0.25, 0.3) is 0 Å². The van der Waals surface area contributed by atoms with Gasteiger partial charge in [-0.05, 0) is 46.0 Å². The largest absolute Gasteiger partial charge is 0.356 e. The van der Waals surface area contributed by atoms with Gasteiger partial charge in [0.15, 0.2) is 5.78 Å². The monoisotopic (exact) mass is 622 g/mol. The SMILES string of the molecule is CCCCCCCCCCCCCCCCC(C)NC(=O)NC(CCCCNC(=O)CCCCCCCCCCC)C(C)=O. The van der Waals surface area contributed by atoms with Crippen molar-refractivity contribution < 1.29 is 14.4 Å². The normalized spacial score (nSPS) is 12.5. The summed E-state index contributed by atoms with van der Waals surface area (Å²) in [4.78, 5) is 36.7. The molecule has 0 fully saturated rings. The molecule has 0 aliphatic heterocycles. The maximum Gasteiger partial charge on any atom is 0.315 e. The van der Waals surface area contributed by atoms with Gasteiger partial charge < -0.3 is 16.0 Å². The average molecular weight is 622 g/mol. The number of unbranched alkanes of at least 4 members (excludes halogenated alkanes) is 22. The van der Waals surface area contributed by atoms with Gasteiger partial charge >= 0.3 is 6.03 Å². The number of ketones is 1. The van der Waals surface area contributed by atoms with Crippen molar-refractivity contribution in [2.75, 3.05) is 6.54 Å². The third-order valence-electron chi connectivity index (χ3n) is 8.91. The van der Waals surface area contributed by atoms with Crippen LogP contribution in [-0.2, 0) is 9.59 Å². The van der Waals surface area contributed by atoms with Crippen molar-refractivity contribution in [2.24, 2.45) is 0 Å². The zero-order valence-electron chi connectivity index (χ0n) is 29.9. The molecular formula is C38H75N3O3. The predicted octanol–water partition coefficient (Wildman–Crippen LogP) is 10.7. The molecule has 0 saturated carbocycles. The molecular weight excluding hydrogens is 546 g/mol. The molecule has 0 spiro atoms. The van der Waals surface area contributed by atoms with E-state index in [4.69, 9.17) is 0 Å². The second-order valence-corrected chi connectivity index (χ2v) is 13.5. The van der Waals surface area contributed by atoms with Gasteiger partial charge in [0.05, 0.1) is 6.04 Å². The molecule has 3 amide bonds. The van der Waals surface area contributed by atoms with Crippen molar-refractivity contribution in [3.63, 3.8) is 0 Å². The van der Waals surface area contributed by atoms with Crippen LogP contribution >= 0.6 is 0 Å². The van der Waals surface area contributed by atoms with E-state index in [9.17, 15) is 14.4 Å². The van der Waals surface area contributed by atoms with Gasteiger partial charge in [-0.3, -0.25) is 9.59 Å². The first-order valence-corrected chi connectivity index (χ1v) is 19.2. The van der Waals surface area contributed by atoms with Gasteiger partial charge in [0.25, 0.3) is 0 Å². The fourth-order valence-corrected chi connectivity index (χ4v) is 5.90. The fourth-order valence-electron chi connectivity index (χ4n) is 5.90. The zero-order chi connectivity index (χ0) is 32.5. The van der Waals surface area contributed by atoms with Gasteiger partial charge in [-0.1, -0.05) is 155 Å². The molecule has 2 unspecified atom stereocenters. The molecule has 0 rings (SSSR count). The van der Waals surface area contributed by atoms with Crippen LogP contribution in [0.15, 0.2) is 0 Å². The van der Waals surface area contributed by atoms with E-state index in [-0.39, 0.29) is 23.8 Å². The molecule has 0 saturated heterocycles. The van der Waals surface area contributed by atoms with Crippen LogP contribution in [0, 0.1) is 0 Å². The quantitative estimate of drug-likeness (QED) is 0.0637. The number of hydrogen-bond donors (Lipinski definition) is 3. The Hall–Kier alpha value is -1.59. The van der Waals surface area contributed by atoms with Crippen LogP contribution in [0.5, 0.6) is 0 Å². The molecule has 3 N–H and O–H groups in total. The van der Waals surface area contributed by atoms with E-state index in [1.165, 1.54) is 135 Å². The molecule has 0 radical (unpaired) electrons. The molecule has 44 heavy (non-hydrogen) atoms. The predicted molar refractivity (Wildman–Crippen MR) is 189 cm³/mol. The average Bonchev–Trinajstić information content (AvgIpc) is 2.99. The Labute approximate surface area is 273 Å². The third kappa shape index (κ3) is 30.4. The van der Waals surface area contributed by atoms with Gasteiger partial charge in [-0.15, -0.1) is 0 Å². The zero-order valence-corrected chi connectivity index (χ0v) is 29.9. The second kappa shape index (κ2) is 32.8. The summed E-state index contributed by atoms with van der Waals surface area (Å²) in [6.45, 7) is 8.73. The molecule has 2 atom stereocenters. The number of carbonyl (C=O) groups excluding carboxylic acids is 3. The molecule has 0 bridgehead atoms. The highest BCUT2D eigenvalue weighted by atomic mass is 16.2. The van der Waals surface area contributed by atoms with E-state index >= 15 is 0 Å². The Kier molecular flexibility index (Phi) is 31.6. The Morgan fingerprint density at radius 1 is 0.500 bits per heavy atom. The lowest BCUT2D eigenvalue weighted by Crippen LogP contribution is -2.47. The minimum Gasteiger partial charge on any atom is -0.356 e. The number of nitrogens with one attached hydrogen (secondary N) is 3. The summed E-state index contributed by atoms with van der Waals surface area (Å²) >= 11 is 0. The highest BCUT2D eigenvalue weighted by molar-refractivity contribution is 5.86. The van der Waals surface area contributed by atoms with Gasteiger partial charge in [-0.25, -0.2) is 4.79 Å². The first-order valence-electron chi connectivity index (χ1n) is 19.2. The van der Waals surface area contributed by atoms with E-state index in [1.807, 2.05) is 6.92 Å². The van der Waals surface area contributed by atoms with Gasteiger partial charge in [-0.2, -0.15) is 0 Å². The van der Waals surface area contributed by atoms with E-state index in [0.717, 1.165) is 38.5 Å². The number of amides is 3. The van der Waals surface area contributed by atoms with E-state index < -0.39 is 6.04 Å². The lowest BCUT2D eigenvalue weighted by molar-refractivity contribution is -0.121. The maximum atomic E-state index is 12.5. The second-order valence-electron chi connectivity index (χ2n) is 13.5. The Balaban J connectivity index is 3.73. The van der Waals surface area contributed by atoms with Crippen molar-refractivity contribution in [2.45, 2.75) is 220 Å². The summed E-state index contributed by atoms with van der Waals surface area (Å²) in [5.74, 6) is 0.107. The van der Waals surface area contributed by atoms with Crippen LogP contribution in [-0.4, -0.2) is 36.3 Å². The molecule has 0 aliphatic carbocycles. The van der Waals surface area contributed by atoms with Gasteiger partial charge in [0.1, 0.15) is 0 Å².